The first-order chi connectivity index (χ1) is 9.56. The number of nitrogens with one attached hydrogen (secondary N) is 1. The summed E-state index contributed by atoms with van der Waals surface area (Å²) in [5.74, 6) is 1.54. The van der Waals surface area contributed by atoms with E-state index in [0.29, 0.717) is 6.54 Å². The van der Waals surface area contributed by atoms with E-state index in [1.807, 2.05) is 29.8 Å². The molecule has 0 radical (unpaired) electrons. The first-order valence-corrected chi connectivity index (χ1v) is 7.59. The molecule has 106 valence electrons. The minimum Gasteiger partial charge on any atom is -0.495 e. The van der Waals surface area contributed by atoms with Crippen molar-refractivity contribution in [2.45, 2.75) is 6.92 Å². The molecule has 2 aromatic rings. The summed E-state index contributed by atoms with van der Waals surface area (Å²) in [6, 6.07) is 3.91. The molecule has 0 unspecified atom stereocenters. The van der Waals surface area contributed by atoms with Gasteiger partial charge in [-0.15, -0.1) is 6.58 Å². The molecule has 2 rings (SSSR count). The zero-order valence-corrected chi connectivity index (χ0v) is 14.5. The Labute approximate surface area is 135 Å². The smallest absolute Gasteiger partial charge is 0.208 e. The summed E-state index contributed by atoms with van der Waals surface area (Å²) in [7, 11) is 1.65. The number of rotatable bonds is 5. The van der Waals surface area contributed by atoms with Crippen LogP contribution in [0.5, 0.6) is 5.75 Å². The quantitative estimate of drug-likeness (QED) is 0.760. The Morgan fingerprint density at radius 1 is 1.40 bits per heavy atom. The van der Waals surface area contributed by atoms with Crippen molar-refractivity contribution in [2.24, 2.45) is 0 Å². The standard InChI is InChI=1S/C14H15Br2N3O/c1-4-5-17-14-18-9(2)8-19(14)12-7-13(20-3)11(16)6-10(12)15/h4,6-8H,1,5H2,2-3H3,(H,17,18). The van der Waals surface area contributed by atoms with Gasteiger partial charge in [-0.25, -0.2) is 4.98 Å². The van der Waals surface area contributed by atoms with Crippen LogP contribution in [-0.4, -0.2) is 23.2 Å². The second-order valence-electron chi connectivity index (χ2n) is 4.18. The normalized spacial score (nSPS) is 10.4. The molecule has 6 heteroatoms. The van der Waals surface area contributed by atoms with Crippen LogP contribution >= 0.6 is 31.9 Å². The van der Waals surface area contributed by atoms with Gasteiger partial charge < -0.3 is 10.1 Å². The van der Waals surface area contributed by atoms with Crippen molar-refractivity contribution < 1.29 is 4.74 Å². The van der Waals surface area contributed by atoms with E-state index in [9.17, 15) is 0 Å². The van der Waals surface area contributed by atoms with E-state index in [-0.39, 0.29) is 0 Å². The molecule has 1 aromatic heterocycles. The fourth-order valence-corrected chi connectivity index (χ4v) is 3.18. The van der Waals surface area contributed by atoms with Gasteiger partial charge in [0.2, 0.25) is 5.95 Å². The fraction of sp³-hybridized carbons (Fsp3) is 0.214. The number of anilines is 1. The molecule has 0 aliphatic rings. The van der Waals surface area contributed by atoms with E-state index in [4.69, 9.17) is 4.74 Å². The van der Waals surface area contributed by atoms with Crippen LogP contribution in [0.1, 0.15) is 5.69 Å². The van der Waals surface area contributed by atoms with Crippen molar-refractivity contribution in [1.29, 1.82) is 0 Å². The van der Waals surface area contributed by atoms with Crippen molar-refractivity contribution >= 4 is 37.8 Å². The van der Waals surface area contributed by atoms with Gasteiger partial charge in [0.05, 0.1) is 23.0 Å². The molecule has 4 nitrogen and oxygen atoms in total. The van der Waals surface area contributed by atoms with Gasteiger partial charge in [0.15, 0.2) is 0 Å². The van der Waals surface area contributed by atoms with Gasteiger partial charge in [-0.2, -0.15) is 0 Å². The summed E-state index contributed by atoms with van der Waals surface area (Å²) in [6.07, 6.45) is 3.77. The number of nitrogens with zero attached hydrogens (tertiary/aromatic N) is 2. The van der Waals surface area contributed by atoms with E-state index >= 15 is 0 Å². The third-order valence-corrected chi connectivity index (χ3v) is 3.97. The third-order valence-electron chi connectivity index (χ3n) is 2.71. The molecule has 0 saturated carbocycles. The van der Waals surface area contributed by atoms with Crippen LogP contribution in [-0.2, 0) is 0 Å². The molecule has 0 aliphatic heterocycles. The molecule has 0 amide bonds. The lowest BCUT2D eigenvalue weighted by molar-refractivity contribution is 0.412. The molecule has 0 fully saturated rings. The average Bonchev–Trinajstić information content (AvgIpc) is 2.77. The number of aryl methyl sites for hydroxylation is 1. The van der Waals surface area contributed by atoms with E-state index in [1.165, 1.54) is 0 Å². The SMILES string of the molecule is C=CCNc1nc(C)cn1-c1cc(OC)c(Br)cc1Br. The van der Waals surface area contributed by atoms with Gasteiger partial charge in [-0.1, -0.05) is 6.08 Å². The molecule has 1 aromatic carbocycles. The lowest BCUT2D eigenvalue weighted by Gasteiger charge is -2.13. The Hall–Kier alpha value is -1.27. The van der Waals surface area contributed by atoms with Crippen LogP contribution in [0.25, 0.3) is 5.69 Å². The largest absolute Gasteiger partial charge is 0.495 e. The van der Waals surface area contributed by atoms with E-state index in [2.05, 4.69) is 48.7 Å². The number of benzene rings is 1. The molecule has 0 atom stereocenters. The summed E-state index contributed by atoms with van der Waals surface area (Å²) >= 11 is 7.05. The maximum atomic E-state index is 5.35. The van der Waals surface area contributed by atoms with Gasteiger partial charge in [-0.3, -0.25) is 4.57 Å². The molecule has 1 N–H and O–H groups in total. The second-order valence-corrected chi connectivity index (χ2v) is 5.89. The number of aromatic nitrogens is 2. The molecular formula is C14H15Br2N3O. The third kappa shape index (κ3) is 3.07. The molecule has 0 saturated heterocycles. The Morgan fingerprint density at radius 2 is 2.15 bits per heavy atom. The van der Waals surface area contributed by atoms with Crippen molar-refractivity contribution in [3.8, 4) is 11.4 Å². The van der Waals surface area contributed by atoms with E-state index in [1.54, 1.807) is 13.2 Å². The Morgan fingerprint density at radius 3 is 2.80 bits per heavy atom. The van der Waals surface area contributed by atoms with Crippen LogP contribution < -0.4 is 10.1 Å². The Kier molecular flexibility index (Phi) is 4.88. The van der Waals surface area contributed by atoms with Crippen molar-refractivity contribution in [1.82, 2.24) is 9.55 Å². The van der Waals surface area contributed by atoms with Gasteiger partial charge in [0, 0.05) is 23.3 Å². The van der Waals surface area contributed by atoms with Gasteiger partial charge >= 0.3 is 0 Å². The van der Waals surface area contributed by atoms with Crippen LogP contribution in [0.2, 0.25) is 0 Å². The first-order valence-electron chi connectivity index (χ1n) is 6.01. The van der Waals surface area contributed by atoms with Crippen LogP contribution in [0.3, 0.4) is 0 Å². The number of imidazole rings is 1. The topological polar surface area (TPSA) is 39.1 Å². The lowest BCUT2D eigenvalue weighted by Crippen LogP contribution is -2.06. The zero-order valence-electron chi connectivity index (χ0n) is 11.3. The fourth-order valence-electron chi connectivity index (χ4n) is 1.83. The van der Waals surface area contributed by atoms with Crippen molar-refractivity contribution in [2.75, 3.05) is 19.0 Å². The Balaban J connectivity index is 2.53. The molecular weight excluding hydrogens is 386 g/mol. The van der Waals surface area contributed by atoms with Gasteiger partial charge in [0.25, 0.3) is 0 Å². The molecule has 1 heterocycles. The number of halogens is 2. The Bertz CT molecular complexity index is 638. The van der Waals surface area contributed by atoms with Crippen molar-refractivity contribution in [3.63, 3.8) is 0 Å². The minimum atomic E-state index is 0.654. The number of ether oxygens (including phenoxy) is 1. The zero-order chi connectivity index (χ0) is 14.7. The minimum absolute atomic E-state index is 0.654. The maximum Gasteiger partial charge on any atom is 0.208 e. The molecule has 20 heavy (non-hydrogen) atoms. The summed E-state index contributed by atoms with van der Waals surface area (Å²) in [4.78, 5) is 4.47. The van der Waals surface area contributed by atoms with Crippen LogP contribution in [0.15, 0.2) is 39.9 Å². The average molecular weight is 401 g/mol. The highest BCUT2D eigenvalue weighted by Gasteiger charge is 2.13. The highest BCUT2D eigenvalue weighted by Crippen LogP contribution is 2.34. The summed E-state index contributed by atoms with van der Waals surface area (Å²) < 4.78 is 9.18. The highest BCUT2D eigenvalue weighted by molar-refractivity contribution is 9.11. The first kappa shape index (κ1) is 15.1. The van der Waals surface area contributed by atoms with Crippen LogP contribution in [0, 0.1) is 6.92 Å². The summed E-state index contributed by atoms with van der Waals surface area (Å²) in [5, 5.41) is 3.22. The molecule has 0 aliphatic carbocycles. The van der Waals surface area contributed by atoms with Gasteiger partial charge in [-0.05, 0) is 44.8 Å². The predicted molar refractivity (Wildman–Crippen MR) is 88.9 cm³/mol. The highest BCUT2D eigenvalue weighted by atomic mass is 79.9. The number of methoxy groups -OCH3 is 1. The molecule has 0 bridgehead atoms. The van der Waals surface area contributed by atoms with E-state index < -0.39 is 0 Å². The number of hydrogen-bond donors (Lipinski definition) is 1. The summed E-state index contributed by atoms with van der Waals surface area (Å²) in [5.41, 5.74) is 1.89. The van der Waals surface area contributed by atoms with E-state index in [0.717, 1.165) is 32.0 Å². The van der Waals surface area contributed by atoms with Crippen molar-refractivity contribution in [3.05, 3.63) is 45.6 Å². The molecule has 0 spiro atoms. The second kappa shape index (κ2) is 6.45. The van der Waals surface area contributed by atoms with Gasteiger partial charge in [0.1, 0.15) is 5.75 Å². The van der Waals surface area contributed by atoms with Crippen LogP contribution in [0.4, 0.5) is 5.95 Å². The predicted octanol–water partition coefficient (Wildman–Crippen LogP) is 4.31. The maximum absolute atomic E-state index is 5.35. The lowest BCUT2D eigenvalue weighted by atomic mass is 10.3. The number of hydrogen-bond acceptors (Lipinski definition) is 3. The summed E-state index contributed by atoms with van der Waals surface area (Å²) in [6.45, 7) is 6.32. The monoisotopic (exact) mass is 399 g/mol.